The first-order valence-corrected chi connectivity index (χ1v) is 13.0. The molecule has 0 spiro atoms. The zero-order valence-electron chi connectivity index (χ0n) is 19.2. The zero-order valence-corrected chi connectivity index (χ0v) is 20.0. The number of benzene rings is 2. The molecule has 2 aromatic carbocycles. The molecule has 0 bridgehead atoms. The van der Waals surface area contributed by atoms with Gasteiger partial charge in [-0.1, -0.05) is 24.3 Å². The Morgan fingerprint density at radius 3 is 2.70 bits per heavy atom. The summed E-state index contributed by atoms with van der Waals surface area (Å²) in [6, 6.07) is 13.9. The molecule has 3 aromatic heterocycles. The normalized spacial score (nSPS) is 12.8. The monoisotopic (exact) mass is 516 g/mol. The Labute approximate surface area is 210 Å². The molecule has 184 valence electrons. The summed E-state index contributed by atoms with van der Waals surface area (Å²) in [5, 5.41) is 0.341. The maximum Gasteiger partial charge on any atom is 0.219 e. The van der Waals surface area contributed by atoms with Gasteiger partial charge in [0, 0.05) is 53.4 Å². The Morgan fingerprint density at radius 2 is 1.84 bits per heavy atom. The van der Waals surface area contributed by atoms with E-state index in [9.17, 15) is 12.8 Å². The fraction of sp³-hybridized carbons (Fsp3) is 0.111. The molecule has 37 heavy (non-hydrogen) atoms. The largest absolute Gasteiger partial charge is 0.445 e. The van der Waals surface area contributed by atoms with E-state index in [1.54, 1.807) is 42.6 Å². The molecule has 0 saturated heterocycles. The molecule has 6 rings (SSSR count). The predicted octanol–water partition coefficient (Wildman–Crippen LogP) is 5.39. The Hall–Kier alpha value is -4.31. The van der Waals surface area contributed by atoms with Crippen LogP contribution in [0.25, 0.3) is 22.2 Å². The van der Waals surface area contributed by atoms with Crippen molar-refractivity contribution in [2.75, 3.05) is 0 Å². The molecular weight excluding hydrogens is 498 g/mol. The number of sulfone groups is 1. The zero-order chi connectivity index (χ0) is 25.6. The van der Waals surface area contributed by atoms with Crippen LogP contribution in [0.2, 0.25) is 0 Å². The minimum atomic E-state index is -4.04. The van der Waals surface area contributed by atoms with Gasteiger partial charge in [0.2, 0.25) is 14.9 Å². The summed E-state index contributed by atoms with van der Waals surface area (Å²) in [4.78, 5) is 17.3. The van der Waals surface area contributed by atoms with Crippen molar-refractivity contribution in [2.24, 2.45) is 4.99 Å². The van der Waals surface area contributed by atoms with Crippen LogP contribution in [-0.4, -0.2) is 29.6 Å². The van der Waals surface area contributed by atoms with Crippen molar-refractivity contribution in [3.8, 4) is 11.3 Å². The van der Waals surface area contributed by atoms with Crippen molar-refractivity contribution in [1.29, 1.82) is 0 Å². The summed E-state index contributed by atoms with van der Waals surface area (Å²) in [5.41, 5.74) is 2.78. The van der Waals surface area contributed by atoms with Gasteiger partial charge in [0.25, 0.3) is 0 Å². The molecule has 4 heterocycles. The lowest BCUT2D eigenvalue weighted by Crippen LogP contribution is -2.09. The Kier molecular flexibility index (Phi) is 5.60. The quantitative estimate of drug-likeness (QED) is 0.300. The lowest BCUT2D eigenvalue weighted by atomic mass is 9.99. The van der Waals surface area contributed by atoms with Gasteiger partial charge in [-0.15, -0.1) is 0 Å². The van der Waals surface area contributed by atoms with E-state index in [0.29, 0.717) is 40.0 Å². The van der Waals surface area contributed by atoms with Gasteiger partial charge in [0.1, 0.15) is 34.9 Å². The Bertz CT molecular complexity index is 1780. The first-order chi connectivity index (χ1) is 17.9. The molecule has 10 heteroatoms. The number of aromatic nitrogens is 3. The van der Waals surface area contributed by atoms with E-state index in [4.69, 9.17) is 4.42 Å². The van der Waals surface area contributed by atoms with Gasteiger partial charge in [-0.25, -0.2) is 27.2 Å². The number of pyridine rings is 1. The number of furan rings is 1. The highest BCUT2D eigenvalue weighted by Gasteiger charge is 2.25. The van der Waals surface area contributed by atoms with Gasteiger partial charge >= 0.3 is 0 Å². The maximum atomic E-state index is 15.6. The molecule has 0 radical (unpaired) electrons. The standard InChI is InChI=1S/C27H18F2N4O3S/c28-20-8-7-17(14-37(34,35)24-12-16-4-1-2-6-23(16)36-24)25(29)19(20)13-22-18(5-3-10-30-22)26-27-21(9-11-31-27)32-15-33-26/h1-8,10-12,15H,9,13-14H2. The Balaban J connectivity index is 1.36. The molecule has 1 aliphatic heterocycles. The minimum Gasteiger partial charge on any atom is -0.445 e. The van der Waals surface area contributed by atoms with Crippen LogP contribution in [0.1, 0.15) is 22.5 Å². The van der Waals surface area contributed by atoms with E-state index in [-0.39, 0.29) is 22.6 Å². The Morgan fingerprint density at radius 1 is 0.973 bits per heavy atom. The topological polar surface area (TPSA) is 98.3 Å². The highest BCUT2D eigenvalue weighted by Crippen LogP contribution is 2.35. The van der Waals surface area contributed by atoms with Gasteiger partial charge in [0.15, 0.2) is 0 Å². The number of rotatable bonds is 6. The SMILES string of the molecule is O=S(=O)(Cc1ccc(F)c(Cc2ncccc2-c2ncnc3c2N=CC3)c1F)c1cc2ccccc2o1. The van der Waals surface area contributed by atoms with Gasteiger partial charge in [-0.05, 0) is 24.3 Å². The fourth-order valence-electron chi connectivity index (χ4n) is 4.39. The van der Waals surface area contributed by atoms with Gasteiger partial charge in [0.05, 0.1) is 17.1 Å². The molecule has 0 N–H and O–H groups in total. The molecule has 0 saturated carbocycles. The van der Waals surface area contributed by atoms with E-state index in [2.05, 4.69) is 19.9 Å². The van der Waals surface area contributed by atoms with E-state index in [0.717, 1.165) is 17.8 Å². The number of fused-ring (bicyclic) bond motifs is 2. The average molecular weight is 517 g/mol. The molecule has 7 nitrogen and oxygen atoms in total. The number of hydrogen-bond donors (Lipinski definition) is 0. The number of aliphatic imine (C=N–C) groups is 1. The summed E-state index contributed by atoms with van der Waals surface area (Å²) >= 11 is 0. The molecule has 5 aromatic rings. The highest BCUT2D eigenvalue weighted by molar-refractivity contribution is 7.90. The van der Waals surface area contributed by atoms with Crippen LogP contribution in [0.4, 0.5) is 14.5 Å². The molecule has 0 fully saturated rings. The lowest BCUT2D eigenvalue weighted by Gasteiger charge is -2.13. The van der Waals surface area contributed by atoms with E-state index in [1.807, 2.05) is 0 Å². The molecule has 1 aliphatic rings. The van der Waals surface area contributed by atoms with Gasteiger partial charge in [-0.2, -0.15) is 0 Å². The minimum absolute atomic E-state index is 0.165. The predicted molar refractivity (Wildman–Crippen MR) is 133 cm³/mol. The second-order valence-corrected chi connectivity index (χ2v) is 10.5. The third-order valence-electron chi connectivity index (χ3n) is 6.21. The summed E-state index contributed by atoms with van der Waals surface area (Å²) < 4.78 is 62.0. The second-order valence-electron chi connectivity index (χ2n) is 8.57. The van der Waals surface area contributed by atoms with Crippen molar-refractivity contribution >= 4 is 32.7 Å². The third-order valence-corrected chi connectivity index (χ3v) is 7.72. The molecule has 0 aliphatic carbocycles. The number of hydrogen-bond acceptors (Lipinski definition) is 7. The van der Waals surface area contributed by atoms with Crippen molar-refractivity contribution in [2.45, 2.75) is 23.7 Å². The summed E-state index contributed by atoms with van der Waals surface area (Å²) in [6.07, 6.45) is 5.03. The first kappa shape index (κ1) is 23.1. The fourth-order valence-corrected chi connectivity index (χ4v) is 5.69. The van der Waals surface area contributed by atoms with Crippen molar-refractivity contribution in [3.63, 3.8) is 0 Å². The van der Waals surface area contributed by atoms with Crippen molar-refractivity contribution in [3.05, 3.63) is 101 Å². The van der Waals surface area contributed by atoms with Crippen molar-refractivity contribution < 1.29 is 21.6 Å². The third kappa shape index (κ3) is 4.19. The molecular formula is C27H18F2N4O3S. The summed E-state index contributed by atoms with van der Waals surface area (Å²) in [6.45, 7) is 0. The van der Waals surface area contributed by atoms with Crippen LogP contribution in [-0.2, 0) is 28.4 Å². The number of nitrogens with zero attached hydrogens (tertiary/aromatic N) is 4. The van der Waals surface area contributed by atoms with Gasteiger partial charge in [-0.3, -0.25) is 9.98 Å². The van der Waals surface area contributed by atoms with Crippen LogP contribution in [0, 0.1) is 11.6 Å². The highest BCUT2D eigenvalue weighted by atomic mass is 32.2. The maximum absolute atomic E-state index is 15.6. The summed E-state index contributed by atoms with van der Waals surface area (Å²) in [5.74, 6) is -2.43. The lowest BCUT2D eigenvalue weighted by molar-refractivity contribution is 0.480. The van der Waals surface area contributed by atoms with Crippen LogP contribution < -0.4 is 0 Å². The van der Waals surface area contributed by atoms with E-state index >= 15 is 4.39 Å². The number of para-hydroxylation sites is 1. The molecule has 0 unspecified atom stereocenters. The molecule has 0 amide bonds. The van der Waals surface area contributed by atoms with E-state index in [1.165, 1.54) is 18.6 Å². The average Bonchev–Trinajstić information content (AvgIpc) is 3.56. The molecule has 0 atom stereocenters. The van der Waals surface area contributed by atoms with Crippen LogP contribution in [0.3, 0.4) is 0 Å². The van der Waals surface area contributed by atoms with Crippen LogP contribution in [0.5, 0.6) is 0 Å². The van der Waals surface area contributed by atoms with Crippen LogP contribution in [0.15, 0.2) is 81.6 Å². The summed E-state index contributed by atoms with van der Waals surface area (Å²) in [7, 11) is -4.04. The smallest absolute Gasteiger partial charge is 0.219 e. The van der Waals surface area contributed by atoms with Crippen molar-refractivity contribution in [1.82, 2.24) is 15.0 Å². The van der Waals surface area contributed by atoms with Gasteiger partial charge < -0.3 is 4.42 Å². The van der Waals surface area contributed by atoms with E-state index < -0.39 is 27.2 Å². The number of halogens is 2. The van der Waals surface area contributed by atoms with Crippen LogP contribution >= 0.6 is 0 Å². The first-order valence-electron chi connectivity index (χ1n) is 11.4. The second kappa shape index (κ2) is 8.97.